The maximum atomic E-state index is 13.3. The summed E-state index contributed by atoms with van der Waals surface area (Å²) >= 11 is 5.78. The molecular weight excluding hydrogens is 327 g/mol. The van der Waals surface area contributed by atoms with Crippen molar-refractivity contribution in [3.05, 3.63) is 57.0 Å². The van der Waals surface area contributed by atoms with Gasteiger partial charge in [0.25, 0.3) is 0 Å². The maximum absolute atomic E-state index is 13.3. The predicted molar refractivity (Wildman–Crippen MR) is 82.6 cm³/mol. The van der Waals surface area contributed by atoms with E-state index in [1.54, 1.807) is 0 Å². The average Bonchev–Trinajstić information content (AvgIpc) is 2.48. The Morgan fingerprint density at radius 2 is 2.13 bits per heavy atom. The summed E-state index contributed by atoms with van der Waals surface area (Å²) in [4.78, 5) is 14.3. The van der Waals surface area contributed by atoms with Gasteiger partial charge < -0.3 is 9.84 Å². The van der Waals surface area contributed by atoms with Crippen molar-refractivity contribution >= 4 is 11.6 Å². The molecule has 0 aliphatic carbocycles. The highest BCUT2D eigenvalue weighted by atomic mass is 35.5. The van der Waals surface area contributed by atoms with Gasteiger partial charge in [0.05, 0.1) is 17.8 Å². The van der Waals surface area contributed by atoms with Crippen LogP contribution < -0.4 is 4.74 Å². The van der Waals surface area contributed by atoms with Crippen molar-refractivity contribution in [3.8, 4) is 17.0 Å². The van der Waals surface area contributed by atoms with E-state index in [9.17, 15) is 19.6 Å². The lowest BCUT2D eigenvalue weighted by Gasteiger charge is -2.19. The second-order valence-electron chi connectivity index (χ2n) is 5.14. The van der Waals surface area contributed by atoms with Crippen LogP contribution in [0, 0.1) is 15.9 Å². The van der Waals surface area contributed by atoms with Crippen molar-refractivity contribution < 1.29 is 19.2 Å². The second-order valence-corrected chi connectivity index (χ2v) is 5.55. The topological polar surface area (TPSA) is 85.5 Å². The monoisotopic (exact) mass is 340 g/mol. The third-order valence-electron chi connectivity index (χ3n) is 3.26. The van der Waals surface area contributed by atoms with Gasteiger partial charge in [0.1, 0.15) is 17.3 Å². The molecule has 1 aromatic carbocycles. The lowest BCUT2D eigenvalue weighted by Crippen LogP contribution is -2.31. The van der Waals surface area contributed by atoms with Gasteiger partial charge in [-0.05, 0) is 37.3 Å². The summed E-state index contributed by atoms with van der Waals surface area (Å²) in [5.41, 5.74) is -0.887. The lowest BCUT2D eigenvalue weighted by atomic mass is 10.0. The molecule has 2 rings (SSSR count). The summed E-state index contributed by atoms with van der Waals surface area (Å²) in [6.07, 6.45) is 0. The first kappa shape index (κ1) is 17.1. The van der Waals surface area contributed by atoms with Crippen molar-refractivity contribution in [2.75, 3.05) is 13.7 Å². The van der Waals surface area contributed by atoms with Gasteiger partial charge in [-0.2, -0.15) is 0 Å². The highest BCUT2D eigenvalue weighted by Crippen LogP contribution is 2.33. The van der Waals surface area contributed by atoms with E-state index >= 15 is 0 Å². The minimum atomic E-state index is -1.76. The molecular formula is C15H14ClFN2O4. The van der Waals surface area contributed by atoms with E-state index in [1.807, 2.05) is 0 Å². The van der Waals surface area contributed by atoms with E-state index in [-0.39, 0.29) is 10.7 Å². The van der Waals surface area contributed by atoms with Gasteiger partial charge in [-0.25, -0.2) is 9.37 Å². The molecule has 2 aromatic rings. The number of nitrogens with zero attached hydrogens (tertiary/aromatic N) is 2. The van der Waals surface area contributed by atoms with Crippen molar-refractivity contribution in [1.29, 1.82) is 0 Å². The number of methoxy groups -OCH3 is 1. The molecule has 1 atom stereocenters. The molecule has 1 unspecified atom stereocenters. The maximum Gasteiger partial charge on any atom is 0.237 e. The van der Waals surface area contributed by atoms with E-state index in [0.717, 1.165) is 0 Å². The Balaban J connectivity index is 2.55. The number of hydrogen-bond acceptors (Lipinski definition) is 5. The summed E-state index contributed by atoms with van der Waals surface area (Å²) in [6, 6.07) is 6.98. The smallest absolute Gasteiger partial charge is 0.237 e. The normalized spacial score (nSPS) is 13.4. The van der Waals surface area contributed by atoms with E-state index in [0.29, 0.717) is 17.0 Å². The van der Waals surface area contributed by atoms with E-state index in [2.05, 4.69) is 4.98 Å². The van der Waals surface area contributed by atoms with Gasteiger partial charge in [-0.3, -0.25) is 10.1 Å². The van der Waals surface area contributed by atoms with E-state index in [4.69, 9.17) is 16.3 Å². The molecule has 1 aromatic heterocycles. The highest BCUT2D eigenvalue weighted by Gasteiger charge is 2.32. The molecule has 0 saturated carbocycles. The zero-order valence-corrected chi connectivity index (χ0v) is 13.2. The Labute approximate surface area is 136 Å². The molecule has 8 heteroatoms. The first-order chi connectivity index (χ1) is 10.7. The van der Waals surface area contributed by atoms with Crippen molar-refractivity contribution in [3.63, 3.8) is 0 Å². The standard InChI is InChI=1S/C15H14ClFN2O4/c1-15(20,8-19(21)22)13-6-5-12(23-2)14(18-13)9-3-4-11(17)10(16)7-9/h3-7,20H,8H2,1-2H3. The zero-order valence-electron chi connectivity index (χ0n) is 12.4. The molecule has 6 nitrogen and oxygen atoms in total. The fourth-order valence-electron chi connectivity index (χ4n) is 2.09. The van der Waals surface area contributed by atoms with Crippen LogP contribution in [0.1, 0.15) is 12.6 Å². The van der Waals surface area contributed by atoms with Crippen LogP contribution in [-0.4, -0.2) is 28.7 Å². The first-order valence-corrected chi connectivity index (χ1v) is 6.97. The number of aromatic nitrogens is 1. The van der Waals surface area contributed by atoms with Gasteiger partial charge in [-0.15, -0.1) is 0 Å². The lowest BCUT2D eigenvalue weighted by molar-refractivity contribution is -0.501. The van der Waals surface area contributed by atoms with Gasteiger partial charge in [0.2, 0.25) is 6.54 Å². The molecule has 1 N–H and O–H groups in total. The fraction of sp³-hybridized carbons (Fsp3) is 0.267. The largest absolute Gasteiger partial charge is 0.494 e. The average molecular weight is 341 g/mol. The van der Waals surface area contributed by atoms with E-state index < -0.39 is 22.9 Å². The second kappa shape index (κ2) is 6.47. The van der Waals surface area contributed by atoms with Crippen LogP contribution in [0.25, 0.3) is 11.3 Å². The fourth-order valence-corrected chi connectivity index (χ4v) is 2.27. The molecule has 23 heavy (non-hydrogen) atoms. The van der Waals surface area contributed by atoms with Gasteiger partial charge >= 0.3 is 0 Å². The molecule has 0 bridgehead atoms. The molecule has 1 heterocycles. The molecule has 0 spiro atoms. The number of halogens is 2. The summed E-state index contributed by atoms with van der Waals surface area (Å²) in [7, 11) is 1.43. The molecule has 0 radical (unpaired) electrons. The Bertz CT molecular complexity index is 752. The minimum Gasteiger partial charge on any atom is -0.494 e. The quantitative estimate of drug-likeness (QED) is 0.668. The molecule has 0 amide bonds. The van der Waals surface area contributed by atoms with Crippen LogP contribution in [0.3, 0.4) is 0 Å². The number of aliphatic hydroxyl groups is 1. The molecule has 0 aliphatic rings. The van der Waals surface area contributed by atoms with Crippen molar-refractivity contribution in [2.45, 2.75) is 12.5 Å². The third-order valence-corrected chi connectivity index (χ3v) is 3.55. The molecule has 0 fully saturated rings. The van der Waals surface area contributed by atoms with Crippen LogP contribution in [0.4, 0.5) is 4.39 Å². The number of nitro groups is 1. The van der Waals surface area contributed by atoms with Crippen molar-refractivity contribution in [2.24, 2.45) is 0 Å². The molecule has 0 saturated heterocycles. The summed E-state index contributed by atoms with van der Waals surface area (Å²) < 4.78 is 18.5. The van der Waals surface area contributed by atoms with Crippen LogP contribution in [0.2, 0.25) is 5.02 Å². The molecule has 0 aliphatic heterocycles. The summed E-state index contributed by atoms with van der Waals surface area (Å²) in [5.74, 6) is -0.209. The van der Waals surface area contributed by atoms with E-state index in [1.165, 1.54) is 44.4 Å². The van der Waals surface area contributed by atoms with Gasteiger partial charge in [-0.1, -0.05) is 11.6 Å². The van der Waals surface area contributed by atoms with Crippen LogP contribution in [0.5, 0.6) is 5.75 Å². The van der Waals surface area contributed by atoms with Crippen LogP contribution in [0.15, 0.2) is 30.3 Å². The van der Waals surface area contributed by atoms with Gasteiger partial charge in [0.15, 0.2) is 5.60 Å². The number of benzene rings is 1. The number of rotatable bonds is 5. The number of hydrogen-bond donors (Lipinski definition) is 1. The van der Waals surface area contributed by atoms with Crippen LogP contribution >= 0.6 is 11.6 Å². The Hall–Kier alpha value is -2.25. The number of pyridine rings is 1. The molecule has 122 valence electrons. The van der Waals surface area contributed by atoms with Crippen LogP contribution in [-0.2, 0) is 5.60 Å². The highest BCUT2D eigenvalue weighted by molar-refractivity contribution is 6.31. The minimum absolute atomic E-state index is 0.0891. The SMILES string of the molecule is COc1ccc(C(C)(O)C[N+](=O)[O-])nc1-c1ccc(F)c(Cl)c1. The summed E-state index contributed by atoms with van der Waals surface area (Å²) in [6.45, 7) is 0.599. The first-order valence-electron chi connectivity index (χ1n) is 6.59. The predicted octanol–water partition coefficient (Wildman–Crippen LogP) is 3.03. The Morgan fingerprint density at radius 1 is 1.43 bits per heavy atom. The van der Waals surface area contributed by atoms with Gasteiger partial charge in [0, 0.05) is 10.5 Å². The Morgan fingerprint density at radius 3 is 2.70 bits per heavy atom. The Kier molecular flexibility index (Phi) is 4.82. The number of ether oxygens (including phenoxy) is 1. The summed E-state index contributed by atoms with van der Waals surface area (Å²) in [5, 5.41) is 20.9. The zero-order chi connectivity index (χ0) is 17.2. The third kappa shape index (κ3) is 3.75. The van der Waals surface area contributed by atoms with Crippen molar-refractivity contribution in [1.82, 2.24) is 4.98 Å².